The van der Waals surface area contributed by atoms with Gasteiger partial charge in [-0.15, -0.1) is 0 Å². The Hall–Kier alpha value is -1.10. The van der Waals surface area contributed by atoms with Crippen molar-refractivity contribution in [3.63, 3.8) is 0 Å². The fraction of sp³-hybridized carbons (Fsp3) is 0.867. The number of carboxylic acids is 1. The number of hydrogen-bond acceptors (Lipinski definition) is 3. The first-order chi connectivity index (χ1) is 9.43. The van der Waals surface area contributed by atoms with Gasteiger partial charge in [0.2, 0.25) is 5.91 Å². The highest BCUT2D eigenvalue weighted by Gasteiger charge is 2.43. The van der Waals surface area contributed by atoms with Crippen molar-refractivity contribution in [3.8, 4) is 0 Å². The summed E-state index contributed by atoms with van der Waals surface area (Å²) in [6.45, 7) is 2.87. The molecule has 0 aromatic rings. The van der Waals surface area contributed by atoms with Crippen molar-refractivity contribution in [2.45, 2.75) is 38.5 Å². The largest absolute Gasteiger partial charge is 0.481 e. The van der Waals surface area contributed by atoms with E-state index in [1.807, 2.05) is 7.05 Å². The van der Waals surface area contributed by atoms with Crippen LogP contribution in [0.3, 0.4) is 0 Å². The van der Waals surface area contributed by atoms with E-state index in [1.54, 1.807) is 4.90 Å². The molecule has 1 aliphatic heterocycles. The second-order valence-corrected chi connectivity index (χ2v) is 6.66. The molecule has 0 radical (unpaired) electrons. The molecule has 1 amide bonds. The Balaban J connectivity index is 1.88. The van der Waals surface area contributed by atoms with E-state index < -0.39 is 11.4 Å². The van der Waals surface area contributed by atoms with E-state index in [9.17, 15) is 14.7 Å². The summed E-state index contributed by atoms with van der Waals surface area (Å²) in [5.41, 5.74) is -0.794. The van der Waals surface area contributed by atoms with Crippen molar-refractivity contribution in [1.82, 2.24) is 9.80 Å². The number of rotatable bonds is 5. The molecule has 1 heterocycles. The Morgan fingerprint density at radius 2 is 2.00 bits per heavy atom. The van der Waals surface area contributed by atoms with Crippen molar-refractivity contribution in [1.29, 1.82) is 0 Å². The van der Waals surface area contributed by atoms with Gasteiger partial charge in [-0.2, -0.15) is 0 Å². The van der Waals surface area contributed by atoms with E-state index >= 15 is 0 Å². The highest BCUT2D eigenvalue weighted by atomic mass is 16.4. The third-order valence-corrected chi connectivity index (χ3v) is 4.95. The first-order valence-electron chi connectivity index (χ1n) is 7.59. The van der Waals surface area contributed by atoms with Gasteiger partial charge in [-0.3, -0.25) is 9.59 Å². The van der Waals surface area contributed by atoms with Crippen LogP contribution in [0, 0.1) is 11.3 Å². The van der Waals surface area contributed by atoms with E-state index in [2.05, 4.69) is 11.9 Å². The molecule has 1 atom stereocenters. The van der Waals surface area contributed by atoms with Crippen molar-refractivity contribution in [2.24, 2.45) is 11.3 Å². The first-order valence-corrected chi connectivity index (χ1v) is 7.59. The number of carbonyl (C=O) groups excluding carboxylic acids is 1. The number of aliphatic carboxylic acids is 1. The smallest absolute Gasteiger partial charge is 0.310 e. The van der Waals surface area contributed by atoms with Crippen LogP contribution < -0.4 is 0 Å². The van der Waals surface area contributed by atoms with Gasteiger partial charge in [-0.05, 0) is 38.8 Å². The standard InChI is InChI=1S/C15H26N2O3/c1-16-8-5-12(10-16)11-17(2)13(18)9-15(14(19)20)6-3-4-7-15/h12H,3-11H2,1-2H3,(H,19,20). The third kappa shape index (κ3) is 3.32. The van der Waals surface area contributed by atoms with Gasteiger partial charge in [0.1, 0.15) is 0 Å². The number of carbonyl (C=O) groups is 2. The quantitative estimate of drug-likeness (QED) is 0.828. The number of amides is 1. The molecule has 20 heavy (non-hydrogen) atoms. The van der Waals surface area contributed by atoms with Gasteiger partial charge in [0.05, 0.1) is 5.41 Å². The van der Waals surface area contributed by atoms with E-state index in [1.165, 1.54) is 0 Å². The topological polar surface area (TPSA) is 60.9 Å². The van der Waals surface area contributed by atoms with Crippen LogP contribution in [0.4, 0.5) is 0 Å². The van der Waals surface area contributed by atoms with Gasteiger partial charge < -0.3 is 14.9 Å². The average molecular weight is 282 g/mol. The van der Waals surface area contributed by atoms with Crippen molar-refractivity contribution in [2.75, 3.05) is 33.7 Å². The van der Waals surface area contributed by atoms with Crippen LogP contribution in [0.15, 0.2) is 0 Å². The van der Waals surface area contributed by atoms with Crippen LogP contribution >= 0.6 is 0 Å². The molecule has 0 aromatic heterocycles. The summed E-state index contributed by atoms with van der Waals surface area (Å²) < 4.78 is 0. The monoisotopic (exact) mass is 282 g/mol. The Kier molecular flexibility index (Phi) is 4.68. The van der Waals surface area contributed by atoms with Gasteiger partial charge >= 0.3 is 5.97 Å². The molecule has 1 N–H and O–H groups in total. The zero-order valence-electron chi connectivity index (χ0n) is 12.6. The molecule has 1 saturated heterocycles. The minimum Gasteiger partial charge on any atom is -0.481 e. The van der Waals surface area contributed by atoms with Gasteiger partial charge in [-0.1, -0.05) is 12.8 Å². The summed E-state index contributed by atoms with van der Waals surface area (Å²) in [4.78, 5) is 27.8. The lowest BCUT2D eigenvalue weighted by Crippen LogP contribution is -2.39. The second kappa shape index (κ2) is 6.12. The van der Waals surface area contributed by atoms with Crippen LogP contribution in [0.5, 0.6) is 0 Å². The van der Waals surface area contributed by atoms with Crippen LogP contribution in [0.25, 0.3) is 0 Å². The third-order valence-electron chi connectivity index (χ3n) is 4.95. The highest BCUT2D eigenvalue weighted by Crippen LogP contribution is 2.41. The van der Waals surface area contributed by atoms with Crippen LogP contribution in [0.1, 0.15) is 38.5 Å². The molecule has 0 aromatic carbocycles. The summed E-state index contributed by atoms with van der Waals surface area (Å²) >= 11 is 0. The maximum Gasteiger partial charge on any atom is 0.310 e. The predicted molar refractivity (Wildman–Crippen MR) is 76.4 cm³/mol. The Morgan fingerprint density at radius 3 is 2.50 bits per heavy atom. The maximum atomic E-state index is 12.3. The molecule has 2 rings (SSSR count). The summed E-state index contributed by atoms with van der Waals surface area (Å²) in [5.74, 6) is -0.278. The second-order valence-electron chi connectivity index (χ2n) is 6.66. The van der Waals surface area contributed by atoms with Gasteiger partial charge in [0, 0.05) is 26.6 Å². The number of likely N-dealkylation sites (tertiary alicyclic amines) is 1. The molecule has 5 heteroatoms. The molecule has 5 nitrogen and oxygen atoms in total. The maximum absolute atomic E-state index is 12.3. The lowest BCUT2D eigenvalue weighted by molar-refractivity contribution is -0.153. The highest BCUT2D eigenvalue weighted by molar-refractivity contribution is 5.85. The molecule has 0 bridgehead atoms. The molecule has 0 spiro atoms. The lowest BCUT2D eigenvalue weighted by atomic mass is 9.82. The zero-order chi connectivity index (χ0) is 14.8. The van der Waals surface area contributed by atoms with E-state index in [0.717, 1.165) is 38.9 Å². The van der Waals surface area contributed by atoms with Crippen LogP contribution in [0.2, 0.25) is 0 Å². The number of nitrogens with zero attached hydrogens (tertiary/aromatic N) is 2. The molecule has 1 saturated carbocycles. The molecule has 2 fully saturated rings. The van der Waals surface area contributed by atoms with Gasteiger partial charge in [-0.25, -0.2) is 0 Å². The first kappa shape index (κ1) is 15.3. The normalized spacial score (nSPS) is 25.8. The summed E-state index contributed by atoms with van der Waals surface area (Å²) in [6, 6.07) is 0. The van der Waals surface area contributed by atoms with Crippen molar-refractivity contribution in [3.05, 3.63) is 0 Å². The van der Waals surface area contributed by atoms with Gasteiger partial charge in [0.15, 0.2) is 0 Å². The fourth-order valence-corrected chi connectivity index (χ4v) is 3.61. The van der Waals surface area contributed by atoms with Crippen molar-refractivity contribution < 1.29 is 14.7 Å². The molecule has 114 valence electrons. The Labute approximate surface area is 120 Å². The minimum absolute atomic E-state index is 0.0103. The molecule has 1 aliphatic carbocycles. The van der Waals surface area contributed by atoms with E-state index in [-0.39, 0.29) is 12.3 Å². The predicted octanol–water partition coefficient (Wildman–Crippen LogP) is 1.43. The molecular formula is C15H26N2O3. The van der Waals surface area contributed by atoms with E-state index in [0.29, 0.717) is 18.8 Å². The van der Waals surface area contributed by atoms with Gasteiger partial charge in [0.25, 0.3) is 0 Å². The Morgan fingerprint density at radius 1 is 1.35 bits per heavy atom. The Bertz CT molecular complexity index is 377. The fourth-order valence-electron chi connectivity index (χ4n) is 3.61. The molecular weight excluding hydrogens is 256 g/mol. The van der Waals surface area contributed by atoms with E-state index in [4.69, 9.17) is 0 Å². The summed E-state index contributed by atoms with van der Waals surface area (Å²) in [6.07, 6.45) is 4.44. The average Bonchev–Trinajstić information content (AvgIpc) is 2.99. The number of hydrogen-bond donors (Lipinski definition) is 1. The lowest BCUT2D eigenvalue weighted by Gasteiger charge is -2.27. The molecule has 1 unspecified atom stereocenters. The van der Waals surface area contributed by atoms with Crippen molar-refractivity contribution >= 4 is 11.9 Å². The molecule has 2 aliphatic rings. The van der Waals surface area contributed by atoms with Crippen LogP contribution in [-0.4, -0.2) is 60.5 Å². The SMILES string of the molecule is CN1CCC(CN(C)C(=O)CC2(C(=O)O)CCCC2)C1. The summed E-state index contributed by atoms with van der Waals surface area (Å²) in [7, 11) is 3.91. The van der Waals surface area contributed by atoms with Crippen LogP contribution in [-0.2, 0) is 9.59 Å². The minimum atomic E-state index is -0.794. The number of carboxylic acid groups (broad SMARTS) is 1. The zero-order valence-corrected chi connectivity index (χ0v) is 12.6. The summed E-state index contributed by atoms with van der Waals surface area (Å²) in [5, 5.41) is 9.44.